The molecule has 0 saturated heterocycles. The van der Waals surface area contributed by atoms with E-state index in [1.54, 1.807) is 0 Å². The van der Waals surface area contributed by atoms with Gasteiger partial charge in [-0.2, -0.15) is 0 Å². The van der Waals surface area contributed by atoms with Crippen molar-refractivity contribution in [3.05, 3.63) is 91.0 Å². The molecular formula is C18H18AlP. The third kappa shape index (κ3) is 3.38. The summed E-state index contributed by atoms with van der Waals surface area (Å²) in [5.74, 6) is 0. The maximum absolute atomic E-state index is 2.23. The summed E-state index contributed by atoms with van der Waals surface area (Å²) in [5, 5.41) is 4.19. The molecule has 0 atom stereocenters. The maximum atomic E-state index is 2.23. The number of hydrogen-bond acceptors (Lipinski definition) is 0. The lowest BCUT2D eigenvalue weighted by Gasteiger charge is -2.18. The smallest absolute Gasteiger partial charge is 0.0622 e. The van der Waals surface area contributed by atoms with Gasteiger partial charge in [0.2, 0.25) is 0 Å². The molecule has 3 aromatic rings. The van der Waals surface area contributed by atoms with E-state index in [-0.39, 0.29) is 17.4 Å². The molecule has 0 aromatic heterocycles. The second kappa shape index (κ2) is 7.42. The van der Waals surface area contributed by atoms with Crippen molar-refractivity contribution in [1.29, 1.82) is 0 Å². The summed E-state index contributed by atoms with van der Waals surface area (Å²) in [7, 11) is -0.446. The first kappa shape index (κ1) is 15.0. The van der Waals surface area contributed by atoms with Crippen LogP contribution in [-0.4, -0.2) is 17.4 Å². The highest BCUT2D eigenvalue weighted by molar-refractivity contribution is 7.79. The van der Waals surface area contributed by atoms with E-state index in [0.717, 1.165) is 0 Å². The second-order valence-electron chi connectivity index (χ2n) is 4.34. The largest absolute Gasteiger partial charge is 0.187 e. The van der Waals surface area contributed by atoms with Crippen LogP contribution in [0.25, 0.3) is 0 Å². The average Bonchev–Trinajstić information content (AvgIpc) is 2.51. The van der Waals surface area contributed by atoms with Crippen molar-refractivity contribution >= 4 is 41.2 Å². The molecule has 0 amide bonds. The van der Waals surface area contributed by atoms with E-state index in [1.165, 1.54) is 15.9 Å². The molecule has 0 aliphatic heterocycles. The summed E-state index contributed by atoms with van der Waals surface area (Å²) < 4.78 is 0. The van der Waals surface area contributed by atoms with E-state index in [2.05, 4.69) is 91.0 Å². The zero-order chi connectivity index (χ0) is 12.9. The molecule has 0 spiro atoms. The van der Waals surface area contributed by atoms with E-state index in [9.17, 15) is 0 Å². The van der Waals surface area contributed by atoms with Crippen molar-refractivity contribution in [1.82, 2.24) is 0 Å². The summed E-state index contributed by atoms with van der Waals surface area (Å²) >= 11 is 0. The highest BCUT2D eigenvalue weighted by atomic mass is 31.1. The average molecular weight is 292 g/mol. The van der Waals surface area contributed by atoms with Gasteiger partial charge < -0.3 is 0 Å². The molecule has 0 unspecified atom stereocenters. The van der Waals surface area contributed by atoms with E-state index in [4.69, 9.17) is 0 Å². The quantitative estimate of drug-likeness (QED) is 0.513. The van der Waals surface area contributed by atoms with Crippen molar-refractivity contribution in [2.75, 3.05) is 0 Å². The molecule has 0 heterocycles. The van der Waals surface area contributed by atoms with Crippen LogP contribution < -0.4 is 15.9 Å². The molecular weight excluding hydrogens is 274 g/mol. The van der Waals surface area contributed by atoms with Crippen LogP contribution in [0.2, 0.25) is 0 Å². The fourth-order valence-electron chi connectivity index (χ4n) is 2.18. The maximum Gasteiger partial charge on any atom is 0.187 e. The molecule has 0 nitrogen and oxygen atoms in total. The fourth-order valence-corrected chi connectivity index (χ4v) is 4.48. The molecule has 0 saturated carbocycles. The van der Waals surface area contributed by atoms with Gasteiger partial charge in [-0.15, -0.1) is 0 Å². The first-order valence-corrected chi connectivity index (χ1v) is 7.74. The van der Waals surface area contributed by atoms with Gasteiger partial charge >= 0.3 is 0 Å². The second-order valence-corrected chi connectivity index (χ2v) is 6.56. The summed E-state index contributed by atoms with van der Waals surface area (Å²) in [6.45, 7) is 0. The van der Waals surface area contributed by atoms with Gasteiger partial charge in [-0.25, -0.2) is 0 Å². The molecule has 0 aliphatic rings. The van der Waals surface area contributed by atoms with Crippen molar-refractivity contribution in [3.63, 3.8) is 0 Å². The SMILES string of the molecule is [AlH3].c1ccc(P(c2ccccc2)c2ccccc2)cc1. The fraction of sp³-hybridized carbons (Fsp3) is 0. The van der Waals surface area contributed by atoms with Crippen LogP contribution in [-0.2, 0) is 0 Å². The van der Waals surface area contributed by atoms with Gasteiger partial charge in [-0.1, -0.05) is 91.0 Å². The van der Waals surface area contributed by atoms with Gasteiger partial charge in [-0.3, -0.25) is 0 Å². The normalized spacial score (nSPS) is 10.1. The molecule has 98 valence electrons. The molecule has 0 aliphatic carbocycles. The summed E-state index contributed by atoms with van der Waals surface area (Å²) in [4.78, 5) is 0. The predicted molar refractivity (Wildman–Crippen MR) is 95.1 cm³/mol. The van der Waals surface area contributed by atoms with Gasteiger partial charge in [0, 0.05) is 0 Å². The molecule has 3 rings (SSSR count). The minimum absolute atomic E-state index is 0. The molecule has 0 N–H and O–H groups in total. The van der Waals surface area contributed by atoms with Crippen molar-refractivity contribution < 1.29 is 0 Å². The van der Waals surface area contributed by atoms with Crippen molar-refractivity contribution in [2.45, 2.75) is 0 Å². The van der Waals surface area contributed by atoms with Gasteiger partial charge in [0.25, 0.3) is 0 Å². The van der Waals surface area contributed by atoms with Crippen LogP contribution in [0.1, 0.15) is 0 Å². The Bertz CT molecular complexity index is 529. The van der Waals surface area contributed by atoms with E-state index >= 15 is 0 Å². The zero-order valence-electron chi connectivity index (χ0n) is 10.6. The third-order valence-electron chi connectivity index (χ3n) is 3.04. The first-order chi connectivity index (χ1) is 9.45. The molecule has 0 radical (unpaired) electrons. The summed E-state index contributed by atoms with van der Waals surface area (Å²) in [6.07, 6.45) is 0. The van der Waals surface area contributed by atoms with E-state index < -0.39 is 7.92 Å². The van der Waals surface area contributed by atoms with Crippen LogP contribution in [0.15, 0.2) is 91.0 Å². The van der Waals surface area contributed by atoms with Crippen LogP contribution in [0.5, 0.6) is 0 Å². The Labute approximate surface area is 132 Å². The minimum Gasteiger partial charge on any atom is -0.0622 e. The summed E-state index contributed by atoms with van der Waals surface area (Å²) in [5.41, 5.74) is 0. The van der Waals surface area contributed by atoms with Crippen LogP contribution in [0, 0.1) is 0 Å². The lowest BCUT2D eigenvalue weighted by Crippen LogP contribution is -2.20. The Balaban J connectivity index is 0.00000147. The Morgan fingerprint density at radius 1 is 0.400 bits per heavy atom. The minimum atomic E-state index is -0.446. The third-order valence-corrected chi connectivity index (χ3v) is 5.49. The number of hydrogen-bond donors (Lipinski definition) is 0. The molecule has 3 aromatic carbocycles. The van der Waals surface area contributed by atoms with Gasteiger partial charge in [0.05, 0.1) is 0 Å². The first-order valence-electron chi connectivity index (χ1n) is 6.40. The Hall–Kier alpha value is -1.38. The molecule has 2 heteroatoms. The van der Waals surface area contributed by atoms with E-state index in [1.807, 2.05) is 0 Å². The Morgan fingerprint density at radius 2 is 0.650 bits per heavy atom. The van der Waals surface area contributed by atoms with Crippen LogP contribution >= 0.6 is 7.92 Å². The lowest BCUT2D eigenvalue weighted by molar-refractivity contribution is 1.74. The van der Waals surface area contributed by atoms with Crippen LogP contribution in [0.3, 0.4) is 0 Å². The number of rotatable bonds is 3. The Kier molecular flexibility index (Phi) is 5.57. The number of benzene rings is 3. The summed E-state index contributed by atoms with van der Waals surface area (Å²) in [6, 6.07) is 32.3. The molecule has 0 bridgehead atoms. The highest BCUT2D eigenvalue weighted by Gasteiger charge is 2.14. The van der Waals surface area contributed by atoms with E-state index in [0.29, 0.717) is 0 Å². The van der Waals surface area contributed by atoms with Gasteiger partial charge in [-0.05, 0) is 23.8 Å². The van der Waals surface area contributed by atoms with Gasteiger partial charge in [0.1, 0.15) is 0 Å². The molecule has 0 fully saturated rings. The zero-order valence-corrected chi connectivity index (χ0v) is 11.5. The standard InChI is InChI=1S/C18H15P.Al.3H/c1-4-10-16(11-5-1)19(17-12-6-2-7-13-17)18-14-8-3-9-15-18;;;;/h1-15H;;;;. The topological polar surface area (TPSA) is 0 Å². The highest BCUT2D eigenvalue weighted by Crippen LogP contribution is 2.32. The van der Waals surface area contributed by atoms with Crippen LogP contribution in [0.4, 0.5) is 0 Å². The van der Waals surface area contributed by atoms with Crippen molar-refractivity contribution in [3.8, 4) is 0 Å². The monoisotopic (exact) mass is 292 g/mol. The molecule has 20 heavy (non-hydrogen) atoms. The van der Waals surface area contributed by atoms with Gasteiger partial charge in [0.15, 0.2) is 17.4 Å². The predicted octanol–water partition coefficient (Wildman–Crippen LogP) is 2.26. The van der Waals surface area contributed by atoms with Crippen molar-refractivity contribution in [2.24, 2.45) is 0 Å². The lowest BCUT2D eigenvalue weighted by atomic mass is 10.4. The Morgan fingerprint density at radius 3 is 0.900 bits per heavy atom.